The zero-order valence-electron chi connectivity index (χ0n) is 19.1. The molecular formula is C26H30N2O5. The van der Waals surface area contributed by atoms with Crippen molar-refractivity contribution < 1.29 is 24.2 Å². The fraction of sp³-hybridized carbons (Fsp3) is 0.385. The van der Waals surface area contributed by atoms with Gasteiger partial charge < -0.3 is 19.5 Å². The molecule has 0 saturated carbocycles. The average Bonchev–Trinajstić information content (AvgIpc) is 3.10. The van der Waals surface area contributed by atoms with Crippen LogP contribution in [0.1, 0.15) is 29.2 Å². The zero-order valence-corrected chi connectivity index (χ0v) is 19.1. The standard InChI is InChI=1S/C26H30N2O5/c1-18-17-20(9-10-21(18)32-2)24(29)22-23(19-7-4-3-5-8-19)28(26(31)25(22)30)12-6-11-27-13-15-33-16-14-27/h3-5,7-10,17,23,29H,6,11-16H2,1-2H3/b24-22-. The van der Waals surface area contributed by atoms with E-state index in [2.05, 4.69) is 4.90 Å². The number of aliphatic hydroxyl groups excluding tert-OH is 1. The van der Waals surface area contributed by atoms with Crippen molar-refractivity contribution in [2.24, 2.45) is 0 Å². The van der Waals surface area contributed by atoms with Gasteiger partial charge in [0.05, 0.1) is 31.9 Å². The van der Waals surface area contributed by atoms with E-state index in [1.165, 1.54) is 0 Å². The molecule has 0 bridgehead atoms. The molecule has 2 aromatic carbocycles. The third kappa shape index (κ3) is 4.79. The van der Waals surface area contributed by atoms with E-state index in [0.29, 0.717) is 17.9 Å². The van der Waals surface area contributed by atoms with Gasteiger partial charge in [0.2, 0.25) is 0 Å². The molecule has 7 heteroatoms. The molecule has 174 valence electrons. The highest BCUT2D eigenvalue weighted by Gasteiger charge is 2.45. The number of hydrogen-bond acceptors (Lipinski definition) is 6. The molecule has 2 aromatic rings. The first kappa shape index (κ1) is 23.0. The molecular weight excluding hydrogens is 420 g/mol. The monoisotopic (exact) mass is 450 g/mol. The molecule has 2 aliphatic heterocycles. The Hall–Kier alpha value is -3.16. The van der Waals surface area contributed by atoms with Crippen molar-refractivity contribution in [1.82, 2.24) is 9.80 Å². The van der Waals surface area contributed by atoms with Gasteiger partial charge in [-0.2, -0.15) is 0 Å². The third-order valence-corrected chi connectivity index (χ3v) is 6.30. The van der Waals surface area contributed by atoms with E-state index in [-0.39, 0.29) is 11.3 Å². The number of amides is 1. The Morgan fingerprint density at radius 2 is 1.82 bits per heavy atom. The molecule has 1 N–H and O–H groups in total. The molecule has 2 saturated heterocycles. The molecule has 2 heterocycles. The molecule has 7 nitrogen and oxygen atoms in total. The maximum absolute atomic E-state index is 13.1. The fourth-order valence-electron chi connectivity index (χ4n) is 4.56. The van der Waals surface area contributed by atoms with E-state index >= 15 is 0 Å². The van der Waals surface area contributed by atoms with E-state index in [1.807, 2.05) is 37.3 Å². The molecule has 4 rings (SSSR count). The smallest absolute Gasteiger partial charge is 0.295 e. The molecule has 0 aromatic heterocycles. The highest BCUT2D eigenvalue weighted by atomic mass is 16.5. The Kier molecular flexibility index (Phi) is 7.11. The van der Waals surface area contributed by atoms with Crippen molar-refractivity contribution in [3.05, 3.63) is 70.8 Å². The number of hydrogen-bond donors (Lipinski definition) is 1. The van der Waals surface area contributed by atoms with Crippen molar-refractivity contribution in [2.45, 2.75) is 19.4 Å². The van der Waals surface area contributed by atoms with Crippen molar-refractivity contribution in [3.63, 3.8) is 0 Å². The second-order valence-corrected chi connectivity index (χ2v) is 8.40. The number of aryl methyl sites for hydroxylation is 1. The third-order valence-electron chi connectivity index (χ3n) is 6.30. The van der Waals surface area contributed by atoms with Crippen molar-refractivity contribution >= 4 is 17.4 Å². The van der Waals surface area contributed by atoms with Crippen LogP contribution in [0.15, 0.2) is 54.1 Å². The minimum atomic E-state index is -0.652. The summed E-state index contributed by atoms with van der Waals surface area (Å²) in [6, 6.07) is 14.0. The van der Waals surface area contributed by atoms with Gasteiger partial charge >= 0.3 is 0 Å². The van der Waals surface area contributed by atoms with E-state index < -0.39 is 17.7 Å². The van der Waals surface area contributed by atoms with Crippen LogP contribution in [0.4, 0.5) is 0 Å². The minimum Gasteiger partial charge on any atom is -0.507 e. The van der Waals surface area contributed by atoms with Crippen molar-refractivity contribution in [2.75, 3.05) is 46.5 Å². The van der Waals surface area contributed by atoms with Crippen LogP contribution in [0, 0.1) is 6.92 Å². The summed E-state index contributed by atoms with van der Waals surface area (Å²) < 4.78 is 10.7. The normalized spacial score (nSPS) is 20.9. The van der Waals surface area contributed by atoms with Crippen LogP contribution in [0.3, 0.4) is 0 Å². The number of Topliss-reactive ketones (excluding diaryl/α,β-unsaturated/α-hetero) is 1. The minimum absolute atomic E-state index is 0.127. The van der Waals surface area contributed by atoms with Gasteiger partial charge in [0.15, 0.2) is 0 Å². The number of carbonyl (C=O) groups is 2. The average molecular weight is 451 g/mol. The number of nitrogens with zero attached hydrogens (tertiary/aromatic N) is 2. The van der Waals surface area contributed by atoms with Gasteiger partial charge in [-0.05, 0) is 42.7 Å². The van der Waals surface area contributed by atoms with Crippen LogP contribution in [0.2, 0.25) is 0 Å². The second kappa shape index (κ2) is 10.2. The lowest BCUT2D eigenvalue weighted by Crippen LogP contribution is -2.38. The molecule has 0 spiro atoms. The van der Waals surface area contributed by atoms with Gasteiger partial charge in [-0.3, -0.25) is 14.5 Å². The van der Waals surface area contributed by atoms with Crippen molar-refractivity contribution in [1.29, 1.82) is 0 Å². The van der Waals surface area contributed by atoms with Gasteiger partial charge in [0.1, 0.15) is 11.5 Å². The Bertz CT molecular complexity index is 1040. The van der Waals surface area contributed by atoms with Crippen LogP contribution in [-0.4, -0.2) is 73.1 Å². The highest BCUT2D eigenvalue weighted by Crippen LogP contribution is 2.39. The number of aliphatic hydroxyl groups is 1. The van der Waals surface area contributed by atoms with Crippen molar-refractivity contribution in [3.8, 4) is 5.75 Å². The van der Waals surface area contributed by atoms with Gasteiger partial charge in [-0.15, -0.1) is 0 Å². The van der Waals surface area contributed by atoms with Gasteiger partial charge in [-0.1, -0.05) is 30.3 Å². The zero-order chi connectivity index (χ0) is 23.4. The summed E-state index contributed by atoms with van der Waals surface area (Å²) in [5.41, 5.74) is 2.25. The largest absolute Gasteiger partial charge is 0.507 e. The lowest BCUT2D eigenvalue weighted by Gasteiger charge is -2.29. The number of carbonyl (C=O) groups excluding carboxylic acids is 2. The van der Waals surface area contributed by atoms with E-state index in [1.54, 1.807) is 30.2 Å². The first-order valence-corrected chi connectivity index (χ1v) is 11.3. The summed E-state index contributed by atoms with van der Waals surface area (Å²) in [5, 5.41) is 11.2. The second-order valence-electron chi connectivity index (χ2n) is 8.40. The van der Waals surface area contributed by atoms with E-state index in [0.717, 1.165) is 50.4 Å². The first-order valence-electron chi connectivity index (χ1n) is 11.3. The van der Waals surface area contributed by atoms with Crippen LogP contribution in [0.25, 0.3) is 5.76 Å². The number of methoxy groups -OCH3 is 1. The number of ether oxygens (including phenoxy) is 2. The topological polar surface area (TPSA) is 79.3 Å². The van der Waals surface area contributed by atoms with Crippen LogP contribution in [-0.2, 0) is 14.3 Å². The molecule has 2 fully saturated rings. The number of ketones is 1. The quantitative estimate of drug-likeness (QED) is 0.397. The predicted molar refractivity (Wildman–Crippen MR) is 125 cm³/mol. The lowest BCUT2D eigenvalue weighted by molar-refractivity contribution is -0.140. The van der Waals surface area contributed by atoms with Gasteiger partial charge in [-0.25, -0.2) is 0 Å². The summed E-state index contributed by atoms with van der Waals surface area (Å²) >= 11 is 0. The number of rotatable bonds is 7. The molecule has 1 atom stereocenters. The van der Waals surface area contributed by atoms with Crippen LogP contribution >= 0.6 is 0 Å². The summed E-state index contributed by atoms with van der Waals surface area (Å²) in [7, 11) is 1.58. The SMILES string of the molecule is COc1ccc(/C(O)=C2/C(=O)C(=O)N(CCCN3CCOCC3)C2c2ccccc2)cc1C. The summed E-state index contributed by atoms with van der Waals surface area (Å²) in [4.78, 5) is 30.1. The number of benzene rings is 2. The number of likely N-dealkylation sites (tertiary alicyclic amines) is 1. The molecule has 2 aliphatic rings. The van der Waals surface area contributed by atoms with Gasteiger partial charge in [0.25, 0.3) is 11.7 Å². The molecule has 1 unspecified atom stereocenters. The van der Waals surface area contributed by atoms with Crippen LogP contribution in [0.5, 0.6) is 5.75 Å². The molecule has 0 aliphatic carbocycles. The summed E-state index contributed by atoms with van der Waals surface area (Å²) in [6.07, 6.45) is 0.734. The number of morpholine rings is 1. The van der Waals surface area contributed by atoms with Gasteiger partial charge in [0, 0.05) is 31.7 Å². The molecule has 1 amide bonds. The Balaban J connectivity index is 1.66. The predicted octanol–water partition coefficient (Wildman–Crippen LogP) is 3.15. The Labute approximate surface area is 194 Å². The highest BCUT2D eigenvalue weighted by molar-refractivity contribution is 6.46. The first-order chi connectivity index (χ1) is 16.0. The lowest BCUT2D eigenvalue weighted by atomic mass is 9.95. The summed E-state index contributed by atoms with van der Waals surface area (Å²) in [6.45, 7) is 6.31. The van der Waals surface area contributed by atoms with E-state index in [9.17, 15) is 14.7 Å². The molecule has 0 radical (unpaired) electrons. The Morgan fingerprint density at radius 3 is 2.48 bits per heavy atom. The fourth-order valence-corrected chi connectivity index (χ4v) is 4.56. The summed E-state index contributed by atoms with van der Waals surface area (Å²) in [5.74, 6) is -0.697. The van der Waals surface area contributed by atoms with E-state index in [4.69, 9.17) is 9.47 Å². The maximum Gasteiger partial charge on any atom is 0.295 e. The Morgan fingerprint density at radius 1 is 1.09 bits per heavy atom. The maximum atomic E-state index is 13.1. The molecule has 33 heavy (non-hydrogen) atoms. The van der Waals surface area contributed by atoms with Crippen LogP contribution < -0.4 is 4.74 Å².